The topological polar surface area (TPSA) is 40.5 Å². The van der Waals surface area contributed by atoms with Gasteiger partial charge in [-0.15, -0.1) is 0 Å². The highest BCUT2D eigenvalue weighted by molar-refractivity contribution is 5.00. The molecule has 0 aromatic carbocycles. The van der Waals surface area contributed by atoms with Crippen LogP contribution in [0.25, 0.3) is 0 Å². The predicted molar refractivity (Wildman–Crippen MR) is 138 cm³/mol. The van der Waals surface area contributed by atoms with Gasteiger partial charge in [0.05, 0.1) is 12.2 Å². The SMILES string of the molecule is CCCCC(CC)C(C1CC(C)CC(C(C)(C)C)C1O)C1CC(C)CC(C(C)(C)C)C1O. The van der Waals surface area contributed by atoms with Gasteiger partial charge in [0.25, 0.3) is 0 Å². The van der Waals surface area contributed by atoms with Crippen LogP contribution in [0.1, 0.15) is 121 Å². The van der Waals surface area contributed by atoms with Crippen LogP contribution in [0.3, 0.4) is 0 Å². The van der Waals surface area contributed by atoms with E-state index in [9.17, 15) is 10.2 Å². The number of unbranched alkanes of at least 4 members (excludes halogenated alkanes) is 1. The van der Waals surface area contributed by atoms with Crippen LogP contribution in [0.15, 0.2) is 0 Å². The van der Waals surface area contributed by atoms with Gasteiger partial charge in [0.15, 0.2) is 0 Å². The second kappa shape index (κ2) is 11.1. The zero-order valence-electron chi connectivity index (χ0n) is 23.3. The molecule has 0 amide bonds. The van der Waals surface area contributed by atoms with Gasteiger partial charge < -0.3 is 10.2 Å². The third-order valence-corrected chi connectivity index (χ3v) is 9.57. The summed E-state index contributed by atoms with van der Waals surface area (Å²) >= 11 is 0. The maximum atomic E-state index is 11.8. The first-order valence-corrected chi connectivity index (χ1v) is 14.1. The van der Waals surface area contributed by atoms with Crippen molar-refractivity contribution in [3.05, 3.63) is 0 Å². The largest absolute Gasteiger partial charge is 0.393 e. The third-order valence-electron chi connectivity index (χ3n) is 9.57. The summed E-state index contributed by atoms with van der Waals surface area (Å²) in [5.74, 6) is 3.65. The number of hydrogen-bond acceptors (Lipinski definition) is 2. The number of aliphatic hydroxyl groups is 2. The van der Waals surface area contributed by atoms with Crippen LogP contribution < -0.4 is 0 Å². The summed E-state index contributed by atoms with van der Waals surface area (Å²) in [6.45, 7) is 23.3. The van der Waals surface area contributed by atoms with Gasteiger partial charge >= 0.3 is 0 Å². The van der Waals surface area contributed by atoms with Gasteiger partial charge in [-0.05, 0) is 83.9 Å². The second-order valence-corrected chi connectivity index (χ2v) is 14.3. The molecule has 0 saturated heterocycles. The van der Waals surface area contributed by atoms with Crippen molar-refractivity contribution in [2.45, 2.75) is 133 Å². The smallest absolute Gasteiger partial charge is 0.0604 e. The lowest BCUT2D eigenvalue weighted by atomic mass is 9.53. The summed E-state index contributed by atoms with van der Waals surface area (Å²) in [6, 6.07) is 0. The van der Waals surface area contributed by atoms with E-state index < -0.39 is 0 Å². The second-order valence-electron chi connectivity index (χ2n) is 14.3. The Morgan fingerprint density at radius 3 is 1.44 bits per heavy atom. The predicted octanol–water partition coefficient (Wildman–Crippen LogP) is 7.96. The molecule has 0 heterocycles. The fourth-order valence-electron chi connectivity index (χ4n) is 7.80. The minimum Gasteiger partial charge on any atom is -0.393 e. The number of hydrogen-bond donors (Lipinski definition) is 2. The monoisotopic (exact) mass is 450 g/mol. The Morgan fingerprint density at radius 2 is 1.12 bits per heavy atom. The number of aliphatic hydroxyl groups excluding tert-OH is 2. The molecule has 0 bridgehead atoms. The summed E-state index contributed by atoms with van der Waals surface area (Å²) in [7, 11) is 0. The van der Waals surface area contributed by atoms with Crippen LogP contribution in [0.2, 0.25) is 0 Å². The normalized spacial score (nSPS) is 39.0. The van der Waals surface area contributed by atoms with Crippen molar-refractivity contribution in [1.29, 1.82) is 0 Å². The first-order chi connectivity index (χ1) is 14.7. The molecule has 2 nitrogen and oxygen atoms in total. The van der Waals surface area contributed by atoms with E-state index in [1.807, 2.05) is 0 Å². The van der Waals surface area contributed by atoms with Gasteiger partial charge in [0.1, 0.15) is 0 Å². The van der Waals surface area contributed by atoms with E-state index in [1.54, 1.807) is 0 Å². The minimum absolute atomic E-state index is 0.119. The molecule has 0 aliphatic heterocycles. The molecule has 2 saturated carbocycles. The molecule has 2 aliphatic rings. The Bertz CT molecular complexity index is 514. The average Bonchev–Trinajstić information content (AvgIpc) is 2.67. The molecular weight excluding hydrogens is 392 g/mol. The summed E-state index contributed by atoms with van der Waals surface area (Å²) in [6.07, 6.45) is 8.92. The zero-order chi connectivity index (χ0) is 24.4. The Morgan fingerprint density at radius 1 is 0.719 bits per heavy atom. The van der Waals surface area contributed by atoms with Crippen molar-refractivity contribution in [1.82, 2.24) is 0 Å². The van der Waals surface area contributed by atoms with Gasteiger partial charge in [-0.3, -0.25) is 0 Å². The third kappa shape index (κ3) is 6.53. The van der Waals surface area contributed by atoms with E-state index in [4.69, 9.17) is 0 Å². The van der Waals surface area contributed by atoms with E-state index in [-0.39, 0.29) is 23.0 Å². The van der Waals surface area contributed by atoms with E-state index >= 15 is 0 Å². The van der Waals surface area contributed by atoms with E-state index in [2.05, 4.69) is 69.2 Å². The Labute approximate surface area is 201 Å². The molecule has 0 radical (unpaired) electrons. The summed E-state index contributed by atoms with van der Waals surface area (Å²) in [4.78, 5) is 0. The summed E-state index contributed by atoms with van der Waals surface area (Å²) in [5, 5.41) is 23.7. The molecule has 2 aliphatic carbocycles. The van der Waals surface area contributed by atoms with Crippen LogP contribution >= 0.6 is 0 Å². The molecule has 2 rings (SSSR count). The lowest BCUT2D eigenvalue weighted by Crippen LogP contribution is -2.53. The minimum atomic E-state index is -0.246. The maximum Gasteiger partial charge on any atom is 0.0604 e. The highest BCUT2D eigenvalue weighted by atomic mass is 16.3. The van der Waals surface area contributed by atoms with Crippen molar-refractivity contribution in [3.8, 4) is 0 Å². The van der Waals surface area contributed by atoms with Gasteiger partial charge in [-0.25, -0.2) is 0 Å². The van der Waals surface area contributed by atoms with Crippen LogP contribution in [0.4, 0.5) is 0 Å². The van der Waals surface area contributed by atoms with Crippen molar-refractivity contribution in [3.63, 3.8) is 0 Å². The van der Waals surface area contributed by atoms with Crippen LogP contribution in [0.5, 0.6) is 0 Å². The fraction of sp³-hybridized carbons (Fsp3) is 1.00. The lowest BCUT2D eigenvalue weighted by Gasteiger charge is -2.54. The summed E-state index contributed by atoms with van der Waals surface area (Å²) in [5.41, 5.74) is 0.239. The standard InChI is InChI=1S/C30H58O2/c1-11-13-14-21(12-2)26(22-15-19(3)17-24(27(22)31)29(5,6)7)23-16-20(4)18-25(28(23)32)30(8,9)10/h19-28,31-32H,11-18H2,1-10H3. The zero-order valence-corrected chi connectivity index (χ0v) is 23.3. The Balaban J connectivity index is 2.49. The fourth-order valence-corrected chi connectivity index (χ4v) is 7.80. The van der Waals surface area contributed by atoms with E-state index in [0.29, 0.717) is 47.3 Å². The maximum absolute atomic E-state index is 11.8. The van der Waals surface area contributed by atoms with Crippen LogP contribution in [-0.4, -0.2) is 22.4 Å². The molecule has 2 heteroatoms. The first kappa shape index (κ1) is 28.2. The molecular formula is C30H58O2. The van der Waals surface area contributed by atoms with Gasteiger partial charge in [0, 0.05) is 0 Å². The molecule has 2 N–H and O–H groups in total. The first-order valence-electron chi connectivity index (χ1n) is 14.1. The van der Waals surface area contributed by atoms with E-state index in [1.165, 1.54) is 25.7 Å². The van der Waals surface area contributed by atoms with Crippen LogP contribution in [0, 0.1) is 58.2 Å². The van der Waals surface area contributed by atoms with Crippen molar-refractivity contribution < 1.29 is 10.2 Å². The number of rotatable bonds is 7. The Hall–Kier alpha value is -0.0800. The average molecular weight is 451 g/mol. The highest BCUT2D eigenvalue weighted by Crippen LogP contribution is 2.54. The lowest BCUT2D eigenvalue weighted by molar-refractivity contribution is -0.129. The molecule has 0 aromatic heterocycles. The molecule has 9 atom stereocenters. The molecule has 9 unspecified atom stereocenters. The van der Waals surface area contributed by atoms with Crippen LogP contribution in [-0.2, 0) is 0 Å². The van der Waals surface area contributed by atoms with Gasteiger partial charge in [-0.1, -0.05) is 94.9 Å². The molecule has 2 fully saturated rings. The Kier molecular flexibility index (Phi) is 9.77. The quantitative estimate of drug-likeness (QED) is 0.413. The summed E-state index contributed by atoms with van der Waals surface area (Å²) < 4.78 is 0. The molecule has 0 spiro atoms. The van der Waals surface area contributed by atoms with Crippen molar-refractivity contribution in [2.75, 3.05) is 0 Å². The van der Waals surface area contributed by atoms with E-state index in [0.717, 1.165) is 25.7 Å². The van der Waals surface area contributed by atoms with Gasteiger partial charge in [-0.2, -0.15) is 0 Å². The molecule has 32 heavy (non-hydrogen) atoms. The van der Waals surface area contributed by atoms with Gasteiger partial charge in [0.2, 0.25) is 0 Å². The molecule has 0 aromatic rings. The highest BCUT2D eigenvalue weighted by Gasteiger charge is 2.51. The molecule has 190 valence electrons. The van der Waals surface area contributed by atoms with Crippen molar-refractivity contribution >= 4 is 0 Å². The van der Waals surface area contributed by atoms with Crippen molar-refractivity contribution in [2.24, 2.45) is 58.2 Å².